The number of nitrogen functional groups attached to an aromatic ring is 1. The van der Waals surface area contributed by atoms with E-state index in [2.05, 4.69) is 35.5 Å². The molecular weight excluding hydrogens is 637 g/mol. The number of rotatable bonds is 8. The Hall–Kier alpha value is -4.86. The van der Waals surface area contributed by atoms with Crippen molar-refractivity contribution in [3.05, 3.63) is 53.1 Å². The number of hydrogen-bond acceptors (Lipinski definition) is 10. The van der Waals surface area contributed by atoms with Crippen molar-refractivity contribution in [3.63, 3.8) is 0 Å². The molecule has 2 fully saturated rings. The molecule has 11 nitrogen and oxygen atoms in total. The number of ether oxygens (including phenoxy) is 2. The topological polar surface area (TPSA) is 140 Å². The van der Waals surface area contributed by atoms with Gasteiger partial charge in [0.05, 0.1) is 36.0 Å². The Morgan fingerprint density at radius 2 is 2.06 bits per heavy atom. The third kappa shape index (κ3) is 5.27. The van der Waals surface area contributed by atoms with Gasteiger partial charge in [-0.25, -0.2) is 18.7 Å². The zero-order chi connectivity index (χ0) is 34.0. The number of nitrogens with one attached hydrogen (secondary N) is 2. The molecule has 0 spiro atoms. The van der Waals surface area contributed by atoms with Crippen molar-refractivity contribution in [2.75, 3.05) is 37.9 Å². The molecule has 7 rings (SSSR count). The van der Waals surface area contributed by atoms with Crippen LogP contribution in [0.5, 0.6) is 11.9 Å². The van der Waals surface area contributed by atoms with E-state index in [-0.39, 0.29) is 58.4 Å². The van der Waals surface area contributed by atoms with E-state index in [4.69, 9.17) is 15.2 Å². The highest BCUT2D eigenvalue weighted by atomic mass is 19.4. The van der Waals surface area contributed by atoms with Gasteiger partial charge >= 0.3 is 12.2 Å². The van der Waals surface area contributed by atoms with Crippen molar-refractivity contribution in [3.8, 4) is 23.1 Å². The number of aromatic nitrogens is 6. The molecule has 2 saturated heterocycles. The predicted octanol–water partition coefficient (Wildman–Crippen LogP) is 6.15. The van der Waals surface area contributed by atoms with Gasteiger partial charge in [0.2, 0.25) is 5.88 Å². The van der Waals surface area contributed by atoms with Gasteiger partial charge in [-0.05, 0) is 50.9 Å². The number of halogens is 5. The summed E-state index contributed by atoms with van der Waals surface area (Å²) in [4.78, 5) is 19.4. The van der Waals surface area contributed by atoms with Crippen LogP contribution < -0.4 is 20.5 Å². The summed E-state index contributed by atoms with van der Waals surface area (Å²) in [6.07, 6.45) is -1.31. The molecule has 0 bridgehead atoms. The second-order valence-corrected chi connectivity index (χ2v) is 12.3. The minimum Gasteiger partial charge on any atom is -0.480 e. The number of benzene rings is 1. The zero-order valence-corrected chi connectivity index (χ0v) is 26.3. The molecule has 3 atom stereocenters. The van der Waals surface area contributed by atoms with Crippen LogP contribution in [0.2, 0.25) is 0 Å². The first-order valence-electron chi connectivity index (χ1n) is 15.4. The Labute approximate surface area is 271 Å². The monoisotopic (exact) mass is 669 g/mol. The third-order valence-corrected chi connectivity index (χ3v) is 9.31. The van der Waals surface area contributed by atoms with Gasteiger partial charge in [0.25, 0.3) is 0 Å². The summed E-state index contributed by atoms with van der Waals surface area (Å²) in [5.41, 5.74) is 3.63. The number of alkyl halides is 4. The minimum atomic E-state index is -4.87. The van der Waals surface area contributed by atoms with Crippen LogP contribution in [0.25, 0.3) is 33.1 Å². The lowest BCUT2D eigenvalue weighted by Gasteiger charge is -2.30. The number of nitrogens with two attached hydrogens (primary N) is 1. The first kappa shape index (κ1) is 31.7. The van der Waals surface area contributed by atoms with Crippen LogP contribution >= 0.6 is 0 Å². The van der Waals surface area contributed by atoms with E-state index in [1.165, 1.54) is 32.5 Å². The summed E-state index contributed by atoms with van der Waals surface area (Å²) in [5.74, 6) is -1.11. The molecule has 0 saturated carbocycles. The van der Waals surface area contributed by atoms with Crippen molar-refractivity contribution in [2.45, 2.75) is 57.0 Å². The Balaban J connectivity index is 1.43. The van der Waals surface area contributed by atoms with Crippen molar-refractivity contribution in [1.29, 1.82) is 0 Å². The van der Waals surface area contributed by atoms with Crippen molar-refractivity contribution in [1.82, 2.24) is 35.0 Å². The number of pyridine rings is 2. The zero-order valence-electron chi connectivity index (χ0n) is 26.3. The molecule has 4 N–H and O–H groups in total. The molecule has 0 radical (unpaired) electrons. The number of anilines is 2. The van der Waals surface area contributed by atoms with Crippen molar-refractivity contribution in [2.24, 2.45) is 0 Å². The van der Waals surface area contributed by atoms with Gasteiger partial charge in [-0.3, -0.25) is 10.00 Å². The van der Waals surface area contributed by atoms with Crippen LogP contribution in [0.15, 0.2) is 30.6 Å². The first-order valence-corrected chi connectivity index (χ1v) is 15.4. The molecule has 48 heavy (non-hydrogen) atoms. The van der Waals surface area contributed by atoms with E-state index in [1.807, 2.05) is 4.90 Å². The quantitative estimate of drug-likeness (QED) is 0.165. The van der Waals surface area contributed by atoms with Crippen LogP contribution in [0.4, 0.5) is 33.6 Å². The molecule has 1 aromatic carbocycles. The average molecular weight is 670 g/mol. The van der Waals surface area contributed by atoms with Crippen LogP contribution in [0.1, 0.15) is 48.9 Å². The summed E-state index contributed by atoms with van der Waals surface area (Å²) in [7, 11) is 1.26. The van der Waals surface area contributed by atoms with Crippen LogP contribution in [0, 0.1) is 12.7 Å². The van der Waals surface area contributed by atoms with Gasteiger partial charge in [-0.2, -0.15) is 28.2 Å². The maximum absolute atomic E-state index is 16.9. The van der Waals surface area contributed by atoms with E-state index >= 15 is 4.39 Å². The number of nitrogens with zero attached hydrogens (tertiary/aromatic N) is 6. The maximum Gasteiger partial charge on any atom is 0.417 e. The molecule has 2 aliphatic rings. The predicted molar refractivity (Wildman–Crippen MR) is 168 cm³/mol. The van der Waals surface area contributed by atoms with Crippen LogP contribution in [-0.4, -0.2) is 73.5 Å². The van der Waals surface area contributed by atoms with E-state index in [0.717, 1.165) is 13.0 Å². The van der Waals surface area contributed by atoms with Crippen molar-refractivity contribution >= 4 is 33.4 Å². The number of methoxy groups -OCH3 is 1. The lowest BCUT2D eigenvalue weighted by atomic mass is 9.94. The molecule has 0 amide bonds. The lowest BCUT2D eigenvalue weighted by molar-refractivity contribution is -0.137. The van der Waals surface area contributed by atoms with Gasteiger partial charge in [-0.15, -0.1) is 0 Å². The molecule has 6 heterocycles. The highest BCUT2D eigenvalue weighted by Gasteiger charge is 2.49. The standard InChI is InChI=1S/C32H32F5N9O2/c1-15-10-20-19(12-40-45-20)21(23(15)32(35,36)37)25-24(34)26-22(29(42-25)47-3)28(41-16(2)18-6-4-8-39-27(18)38)44-30(43-26)48-14-31-7-5-9-46(31)13-17(33)11-31/h4,6,8,10,12,16-17H,5,7,9,11,13-14H2,1-3H3,(H2,38,39)(H,40,45)(H,41,43,44)/t16-,17-,31+/m1/s1. The highest BCUT2D eigenvalue weighted by molar-refractivity contribution is 6.01. The smallest absolute Gasteiger partial charge is 0.417 e. The number of hydrogen-bond donors (Lipinski definition) is 3. The summed E-state index contributed by atoms with van der Waals surface area (Å²) < 4.78 is 86.8. The fraction of sp³-hybridized carbons (Fsp3) is 0.406. The average Bonchev–Trinajstić information content (AvgIpc) is 3.73. The SMILES string of the molecule is COc1nc(-c2c(C(F)(F)F)c(C)cc3[nH]ncc23)c(F)c2nc(OC[C@@]34CCCN3C[C@H](F)C4)nc(N[C@H](C)c3cccnc3N)c12. The summed E-state index contributed by atoms with van der Waals surface area (Å²) in [6.45, 7) is 4.10. The number of H-pyrrole nitrogens is 1. The van der Waals surface area contributed by atoms with Crippen LogP contribution in [-0.2, 0) is 6.18 Å². The third-order valence-electron chi connectivity index (χ3n) is 9.31. The van der Waals surface area contributed by atoms with E-state index in [9.17, 15) is 17.6 Å². The molecule has 16 heteroatoms. The van der Waals surface area contributed by atoms with Gasteiger partial charge in [-0.1, -0.05) is 6.07 Å². The number of aromatic amines is 1. The molecule has 0 unspecified atom stereocenters. The Morgan fingerprint density at radius 3 is 2.81 bits per heavy atom. The largest absolute Gasteiger partial charge is 0.480 e. The second kappa shape index (κ2) is 11.7. The fourth-order valence-corrected chi connectivity index (χ4v) is 7.17. The molecule has 0 aliphatic carbocycles. The molecule has 4 aromatic heterocycles. The number of aryl methyl sites for hydroxylation is 1. The normalized spacial score (nSPS) is 20.4. The molecule has 2 aliphatic heterocycles. The van der Waals surface area contributed by atoms with Crippen LogP contribution in [0.3, 0.4) is 0 Å². The first-order chi connectivity index (χ1) is 22.9. The number of fused-ring (bicyclic) bond motifs is 3. The Morgan fingerprint density at radius 1 is 1.25 bits per heavy atom. The fourth-order valence-electron chi connectivity index (χ4n) is 7.17. The Bertz CT molecular complexity index is 2040. The molecule has 5 aromatic rings. The van der Waals surface area contributed by atoms with E-state index < -0.39 is 52.1 Å². The molecular formula is C32H32F5N9O2. The van der Waals surface area contributed by atoms with E-state index in [1.54, 1.807) is 19.1 Å². The summed E-state index contributed by atoms with van der Waals surface area (Å²) in [5, 5.41) is 9.72. The summed E-state index contributed by atoms with van der Waals surface area (Å²) in [6, 6.07) is 3.95. The second-order valence-electron chi connectivity index (χ2n) is 12.3. The highest BCUT2D eigenvalue weighted by Crippen LogP contribution is 2.46. The van der Waals surface area contributed by atoms with Gasteiger partial charge < -0.3 is 20.5 Å². The Kier molecular flexibility index (Phi) is 7.72. The minimum absolute atomic E-state index is 0.00714. The molecule has 252 valence electrons. The summed E-state index contributed by atoms with van der Waals surface area (Å²) >= 11 is 0. The van der Waals surface area contributed by atoms with Gasteiger partial charge in [0.15, 0.2) is 5.82 Å². The maximum atomic E-state index is 16.9. The lowest BCUT2D eigenvalue weighted by Crippen LogP contribution is -2.43. The van der Waals surface area contributed by atoms with E-state index in [0.29, 0.717) is 18.5 Å². The van der Waals surface area contributed by atoms with Gasteiger partial charge in [0, 0.05) is 35.7 Å². The van der Waals surface area contributed by atoms with Gasteiger partial charge in [0.1, 0.15) is 41.0 Å². The van der Waals surface area contributed by atoms with Crippen molar-refractivity contribution < 1.29 is 31.4 Å².